The van der Waals surface area contributed by atoms with Crippen molar-refractivity contribution in [3.05, 3.63) is 12.2 Å². The van der Waals surface area contributed by atoms with E-state index < -0.39 is 80.7 Å². The number of allylic oxidation sites excluding steroid dienone is 2. The Kier molecular flexibility index (Phi) is 38.2. The molecule has 0 amide bonds. The zero-order chi connectivity index (χ0) is 48.7. The molecule has 14 nitrogen and oxygen atoms in total. The molecular formula is C53H100O14. The van der Waals surface area contributed by atoms with Crippen molar-refractivity contribution in [1.82, 2.24) is 0 Å². The number of unbranched alkanes of at least 4 members (excludes halogenated alkanes) is 28. The minimum atomic E-state index is -1.70. The summed E-state index contributed by atoms with van der Waals surface area (Å²) in [7, 11) is 0. The first-order chi connectivity index (χ1) is 32.6. The highest BCUT2D eigenvalue weighted by Gasteiger charge is 2.47. The Morgan fingerprint density at radius 2 is 0.881 bits per heavy atom. The van der Waals surface area contributed by atoms with Gasteiger partial charge in [0, 0.05) is 13.0 Å². The highest BCUT2D eigenvalue weighted by molar-refractivity contribution is 5.69. The molecule has 0 aromatic carbocycles. The topological polar surface area (TPSA) is 214 Å². The number of esters is 1. The van der Waals surface area contributed by atoms with E-state index >= 15 is 0 Å². The third-order valence-corrected chi connectivity index (χ3v) is 13.3. The van der Waals surface area contributed by atoms with Gasteiger partial charge in [0.25, 0.3) is 0 Å². The van der Waals surface area contributed by atoms with Crippen molar-refractivity contribution < 1.29 is 69.0 Å². The monoisotopic (exact) mass is 961 g/mol. The van der Waals surface area contributed by atoms with Crippen molar-refractivity contribution in [3.63, 3.8) is 0 Å². The predicted molar refractivity (Wildman–Crippen MR) is 261 cm³/mol. The highest BCUT2D eigenvalue weighted by atomic mass is 16.7. The highest BCUT2D eigenvalue weighted by Crippen LogP contribution is 2.27. The molecule has 2 rings (SSSR count). The molecule has 0 radical (unpaired) electrons. The maximum absolute atomic E-state index is 13.0. The maximum Gasteiger partial charge on any atom is 0.306 e. The quantitative estimate of drug-likeness (QED) is 0.0173. The zero-order valence-electron chi connectivity index (χ0n) is 42.2. The largest absolute Gasteiger partial charge is 0.457 e. The second-order valence-corrected chi connectivity index (χ2v) is 19.4. The fraction of sp³-hybridized carbons (Fsp3) is 0.943. The summed E-state index contributed by atoms with van der Waals surface area (Å²) in [6, 6.07) is 0. The smallest absolute Gasteiger partial charge is 0.306 e. The number of carbonyl (C=O) groups excluding carboxylic acids is 1. The molecule has 2 saturated heterocycles. The van der Waals surface area contributed by atoms with E-state index in [9.17, 15) is 40.5 Å². The van der Waals surface area contributed by atoms with Crippen molar-refractivity contribution >= 4 is 5.97 Å². The van der Waals surface area contributed by atoms with Crippen LogP contribution in [0, 0.1) is 0 Å². The van der Waals surface area contributed by atoms with Crippen LogP contribution in [0.3, 0.4) is 0 Å². The molecule has 2 heterocycles. The summed E-state index contributed by atoms with van der Waals surface area (Å²) in [6.45, 7) is 3.71. The van der Waals surface area contributed by atoms with Crippen molar-refractivity contribution in [2.24, 2.45) is 0 Å². The molecule has 396 valence electrons. The van der Waals surface area contributed by atoms with E-state index in [2.05, 4.69) is 26.0 Å². The molecule has 67 heavy (non-hydrogen) atoms. The lowest BCUT2D eigenvalue weighted by Crippen LogP contribution is -2.61. The van der Waals surface area contributed by atoms with Gasteiger partial charge in [-0.3, -0.25) is 4.79 Å². The van der Waals surface area contributed by atoms with Crippen LogP contribution >= 0.6 is 0 Å². The molecule has 2 fully saturated rings. The number of aliphatic hydroxyl groups is 7. The van der Waals surface area contributed by atoms with Crippen molar-refractivity contribution in [2.45, 2.75) is 287 Å². The van der Waals surface area contributed by atoms with E-state index in [1.165, 1.54) is 154 Å². The van der Waals surface area contributed by atoms with Gasteiger partial charge in [-0.2, -0.15) is 0 Å². The molecule has 0 spiro atoms. The Morgan fingerprint density at radius 3 is 1.36 bits per heavy atom. The van der Waals surface area contributed by atoms with Gasteiger partial charge in [0.15, 0.2) is 12.6 Å². The first-order valence-corrected chi connectivity index (χ1v) is 27.3. The van der Waals surface area contributed by atoms with Gasteiger partial charge >= 0.3 is 5.97 Å². The van der Waals surface area contributed by atoms with Gasteiger partial charge in [0.1, 0.15) is 54.9 Å². The summed E-state index contributed by atoms with van der Waals surface area (Å²) in [6.07, 6.45) is 27.1. The minimum Gasteiger partial charge on any atom is -0.457 e. The summed E-state index contributed by atoms with van der Waals surface area (Å²) >= 11 is 0. The average Bonchev–Trinajstić information content (AvgIpc) is 3.32. The van der Waals surface area contributed by atoms with Crippen LogP contribution in [0.5, 0.6) is 0 Å². The molecule has 0 saturated carbocycles. The number of hydrogen-bond donors (Lipinski definition) is 7. The summed E-state index contributed by atoms with van der Waals surface area (Å²) in [4.78, 5) is 13.0. The predicted octanol–water partition coefficient (Wildman–Crippen LogP) is 8.63. The molecule has 2 aliphatic heterocycles. The van der Waals surface area contributed by atoms with E-state index in [4.69, 9.17) is 28.4 Å². The summed E-state index contributed by atoms with van der Waals surface area (Å²) in [5, 5.41) is 72.1. The molecule has 0 aromatic rings. The standard InChI is InChI=1S/C53H100O14/c1-3-5-7-9-11-13-15-16-17-18-19-20-21-22-23-24-25-26-27-28-30-32-34-36-45(55)65-42(39-62-37-35-33-31-29-14-12-10-8-6-4-2)40-63-52-51(61)49(59)47(57)44(67-52)41-64-53-50(60)48(58)46(56)43(38-54)66-53/h18-19,42-44,46-54,56-61H,3-17,20-41H2,1-2H3/b19-18-. The van der Waals surface area contributed by atoms with Crippen LogP contribution in [0.2, 0.25) is 0 Å². The van der Waals surface area contributed by atoms with Crippen LogP contribution in [-0.4, -0.2) is 142 Å². The molecule has 7 N–H and O–H groups in total. The molecular weight excluding hydrogens is 861 g/mol. The number of ether oxygens (including phenoxy) is 6. The van der Waals surface area contributed by atoms with Gasteiger partial charge < -0.3 is 64.2 Å². The van der Waals surface area contributed by atoms with Crippen LogP contribution in [0.4, 0.5) is 0 Å². The van der Waals surface area contributed by atoms with Crippen LogP contribution in [0.25, 0.3) is 0 Å². The zero-order valence-corrected chi connectivity index (χ0v) is 42.2. The van der Waals surface area contributed by atoms with E-state index in [1.807, 2.05) is 0 Å². The van der Waals surface area contributed by atoms with Gasteiger partial charge in [-0.1, -0.05) is 187 Å². The van der Waals surface area contributed by atoms with Gasteiger partial charge in [0.2, 0.25) is 0 Å². The van der Waals surface area contributed by atoms with Crippen molar-refractivity contribution in [3.8, 4) is 0 Å². The van der Waals surface area contributed by atoms with Crippen LogP contribution in [0.1, 0.15) is 219 Å². The molecule has 2 aliphatic rings. The third kappa shape index (κ3) is 29.0. The van der Waals surface area contributed by atoms with Gasteiger partial charge in [-0.25, -0.2) is 0 Å². The fourth-order valence-corrected chi connectivity index (χ4v) is 8.81. The van der Waals surface area contributed by atoms with Crippen LogP contribution in [-0.2, 0) is 33.2 Å². The minimum absolute atomic E-state index is 0.0667. The first-order valence-electron chi connectivity index (χ1n) is 27.3. The lowest BCUT2D eigenvalue weighted by molar-refractivity contribution is -0.332. The summed E-state index contributed by atoms with van der Waals surface area (Å²) < 4.78 is 34.3. The van der Waals surface area contributed by atoms with E-state index in [0.29, 0.717) is 13.0 Å². The maximum atomic E-state index is 13.0. The molecule has 11 atom stereocenters. The molecule has 11 unspecified atom stereocenters. The number of rotatable bonds is 44. The van der Waals surface area contributed by atoms with Crippen molar-refractivity contribution in [2.75, 3.05) is 33.0 Å². The average molecular weight is 961 g/mol. The summed E-state index contributed by atoms with van der Waals surface area (Å²) in [5.74, 6) is -0.374. The first kappa shape index (κ1) is 61.8. The fourth-order valence-electron chi connectivity index (χ4n) is 8.81. The molecule has 0 aliphatic carbocycles. The number of carbonyl (C=O) groups is 1. The SMILES string of the molecule is CCCCCCCCCC/C=C\CCCCCCCCCCCCCC(=O)OC(COCCCCCCCCCCCC)COC1OC(COC2OC(CO)C(O)C(O)C2O)C(O)C(O)C1O. The normalized spacial score (nSPS) is 26.1. The van der Waals surface area contributed by atoms with Crippen molar-refractivity contribution in [1.29, 1.82) is 0 Å². The lowest BCUT2D eigenvalue weighted by atomic mass is 9.98. The Hall–Kier alpha value is -1.27. The third-order valence-electron chi connectivity index (χ3n) is 13.3. The second-order valence-electron chi connectivity index (χ2n) is 19.4. The van der Waals surface area contributed by atoms with E-state index in [0.717, 1.165) is 38.5 Å². The van der Waals surface area contributed by atoms with E-state index in [-0.39, 0.29) is 25.6 Å². The van der Waals surface area contributed by atoms with Gasteiger partial charge in [-0.15, -0.1) is 0 Å². The Bertz CT molecular complexity index is 1160. The van der Waals surface area contributed by atoms with E-state index in [1.54, 1.807) is 0 Å². The number of aliphatic hydroxyl groups excluding tert-OH is 7. The Balaban J connectivity index is 1.68. The van der Waals surface area contributed by atoms with Gasteiger partial charge in [0.05, 0.1) is 26.4 Å². The summed E-state index contributed by atoms with van der Waals surface area (Å²) in [5.41, 5.74) is 0. The lowest BCUT2D eigenvalue weighted by Gasteiger charge is -2.42. The van der Waals surface area contributed by atoms with Crippen LogP contribution < -0.4 is 0 Å². The number of hydrogen-bond acceptors (Lipinski definition) is 14. The van der Waals surface area contributed by atoms with Gasteiger partial charge in [-0.05, 0) is 38.5 Å². The molecule has 0 bridgehead atoms. The second kappa shape index (κ2) is 41.4. The Morgan fingerprint density at radius 1 is 0.478 bits per heavy atom. The molecule has 0 aromatic heterocycles. The van der Waals surface area contributed by atoms with Crippen LogP contribution in [0.15, 0.2) is 12.2 Å². The molecule has 14 heteroatoms. The Labute approximate surface area is 405 Å².